The van der Waals surface area contributed by atoms with Crippen LogP contribution in [0.4, 0.5) is 18.9 Å². The molecule has 0 radical (unpaired) electrons. The molecule has 1 saturated carbocycles. The van der Waals surface area contributed by atoms with Crippen molar-refractivity contribution in [2.75, 3.05) is 5.32 Å². The van der Waals surface area contributed by atoms with E-state index < -0.39 is 11.7 Å². The minimum Gasteiger partial charge on any atom is -0.322 e. The highest BCUT2D eigenvalue weighted by Crippen LogP contribution is 2.35. The van der Waals surface area contributed by atoms with Crippen LogP contribution in [0.1, 0.15) is 37.4 Å². The Morgan fingerprint density at radius 3 is 2.50 bits per heavy atom. The van der Waals surface area contributed by atoms with Gasteiger partial charge < -0.3 is 5.32 Å². The first kappa shape index (κ1) is 16.5. The number of rotatable bonds is 5. The van der Waals surface area contributed by atoms with Gasteiger partial charge in [-0.3, -0.25) is 9.89 Å². The van der Waals surface area contributed by atoms with Crippen molar-refractivity contribution < 1.29 is 18.0 Å². The van der Waals surface area contributed by atoms with Crippen molar-refractivity contribution in [2.45, 2.75) is 38.8 Å². The number of hydrogen-bond donors (Lipinski definition) is 2. The van der Waals surface area contributed by atoms with Gasteiger partial charge in [0, 0.05) is 11.5 Å². The first-order valence-electron chi connectivity index (χ1n) is 7.96. The van der Waals surface area contributed by atoms with Gasteiger partial charge in [-0.15, -0.1) is 0 Å². The molecule has 0 aliphatic heterocycles. The lowest BCUT2D eigenvalue weighted by Gasteiger charge is -2.09. The monoisotopic (exact) mass is 337 g/mol. The van der Waals surface area contributed by atoms with Crippen LogP contribution in [0.15, 0.2) is 24.3 Å². The van der Waals surface area contributed by atoms with E-state index in [-0.39, 0.29) is 11.8 Å². The predicted molar refractivity (Wildman–Crippen MR) is 84.4 cm³/mol. The van der Waals surface area contributed by atoms with Crippen LogP contribution in [-0.4, -0.2) is 16.1 Å². The van der Waals surface area contributed by atoms with Gasteiger partial charge in [0.2, 0.25) is 5.91 Å². The molecular weight excluding hydrogens is 319 g/mol. The number of carbonyl (C=O) groups is 1. The van der Waals surface area contributed by atoms with Gasteiger partial charge in [0.25, 0.3) is 0 Å². The van der Waals surface area contributed by atoms with E-state index in [0.29, 0.717) is 23.4 Å². The average Bonchev–Trinajstić information content (AvgIpc) is 3.32. The van der Waals surface area contributed by atoms with E-state index in [4.69, 9.17) is 0 Å². The minimum absolute atomic E-state index is 0.0369. The Morgan fingerprint density at radius 2 is 1.96 bits per heavy atom. The number of amides is 1. The van der Waals surface area contributed by atoms with E-state index in [1.807, 2.05) is 6.92 Å². The molecule has 1 heterocycles. The van der Waals surface area contributed by atoms with Gasteiger partial charge in [-0.25, -0.2) is 0 Å². The maximum absolute atomic E-state index is 12.7. The molecule has 2 N–H and O–H groups in total. The molecule has 24 heavy (non-hydrogen) atoms. The topological polar surface area (TPSA) is 57.8 Å². The van der Waals surface area contributed by atoms with Crippen molar-refractivity contribution >= 4 is 11.6 Å². The van der Waals surface area contributed by atoms with Crippen LogP contribution in [0, 0.1) is 5.92 Å². The number of carbonyl (C=O) groups excluding carboxylic acids is 1. The standard InChI is InChI=1S/C17H18F3N3O/c1-2-3-13-15(21-16(24)11-4-5-11)14(23-22-13)10-6-8-12(9-7-10)17(18,19)20/h6-9,11H,2-5H2,1H3,(H,21,24)(H,22,23). The summed E-state index contributed by atoms with van der Waals surface area (Å²) in [5.74, 6) is -0.0169. The van der Waals surface area contributed by atoms with Crippen molar-refractivity contribution in [2.24, 2.45) is 5.92 Å². The number of nitrogens with one attached hydrogen (secondary N) is 2. The first-order valence-corrected chi connectivity index (χ1v) is 7.96. The molecule has 0 spiro atoms. The number of hydrogen-bond acceptors (Lipinski definition) is 2. The third-order valence-corrected chi connectivity index (χ3v) is 4.02. The minimum atomic E-state index is -4.37. The fourth-order valence-corrected chi connectivity index (χ4v) is 2.54. The van der Waals surface area contributed by atoms with Crippen LogP contribution >= 0.6 is 0 Å². The Morgan fingerprint density at radius 1 is 1.29 bits per heavy atom. The molecule has 1 aliphatic carbocycles. The number of H-pyrrole nitrogens is 1. The third kappa shape index (κ3) is 3.44. The molecule has 0 bridgehead atoms. The molecule has 1 fully saturated rings. The second kappa shape index (κ2) is 6.30. The summed E-state index contributed by atoms with van der Waals surface area (Å²) in [6.07, 6.45) is -1.06. The van der Waals surface area contributed by atoms with Gasteiger partial charge in [-0.05, 0) is 31.4 Å². The highest BCUT2D eigenvalue weighted by atomic mass is 19.4. The quantitative estimate of drug-likeness (QED) is 0.850. The molecule has 2 aromatic rings. The second-order valence-electron chi connectivity index (χ2n) is 6.01. The Labute approximate surface area is 137 Å². The van der Waals surface area contributed by atoms with Gasteiger partial charge in [0.1, 0.15) is 5.69 Å². The molecule has 0 atom stereocenters. The number of alkyl halides is 3. The molecule has 1 aliphatic rings. The summed E-state index contributed by atoms with van der Waals surface area (Å²) in [5, 5.41) is 10.00. The zero-order valence-electron chi connectivity index (χ0n) is 13.2. The molecule has 3 rings (SSSR count). The van der Waals surface area contributed by atoms with Crippen molar-refractivity contribution in [1.29, 1.82) is 0 Å². The zero-order valence-corrected chi connectivity index (χ0v) is 13.2. The van der Waals surface area contributed by atoms with E-state index >= 15 is 0 Å². The van der Waals surface area contributed by atoms with Gasteiger partial charge in [-0.2, -0.15) is 18.3 Å². The lowest BCUT2D eigenvalue weighted by Crippen LogP contribution is -2.14. The van der Waals surface area contributed by atoms with Crippen LogP contribution in [0.5, 0.6) is 0 Å². The van der Waals surface area contributed by atoms with Crippen molar-refractivity contribution in [3.63, 3.8) is 0 Å². The number of aromatic amines is 1. The molecule has 7 heteroatoms. The smallest absolute Gasteiger partial charge is 0.322 e. The van der Waals surface area contributed by atoms with Crippen LogP contribution < -0.4 is 5.32 Å². The normalized spacial score (nSPS) is 14.7. The lowest BCUT2D eigenvalue weighted by atomic mass is 10.1. The van der Waals surface area contributed by atoms with E-state index in [9.17, 15) is 18.0 Å². The maximum atomic E-state index is 12.7. The average molecular weight is 337 g/mol. The molecule has 4 nitrogen and oxygen atoms in total. The number of halogens is 3. The summed E-state index contributed by atoms with van der Waals surface area (Å²) in [7, 11) is 0. The van der Waals surface area contributed by atoms with Gasteiger partial charge in [0.05, 0.1) is 16.9 Å². The van der Waals surface area contributed by atoms with E-state index in [1.165, 1.54) is 12.1 Å². The van der Waals surface area contributed by atoms with Crippen LogP contribution in [-0.2, 0) is 17.4 Å². The second-order valence-corrected chi connectivity index (χ2v) is 6.01. The van der Waals surface area contributed by atoms with E-state index in [0.717, 1.165) is 37.1 Å². The lowest BCUT2D eigenvalue weighted by molar-refractivity contribution is -0.137. The number of benzene rings is 1. The van der Waals surface area contributed by atoms with E-state index in [1.54, 1.807) is 0 Å². The molecule has 128 valence electrons. The third-order valence-electron chi connectivity index (χ3n) is 4.02. The largest absolute Gasteiger partial charge is 0.416 e. The number of aryl methyl sites for hydroxylation is 1. The summed E-state index contributed by atoms with van der Waals surface area (Å²) in [5.41, 5.74) is 1.67. The summed E-state index contributed by atoms with van der Waals surface area (Å²) in [4.78, 5) is 12.1. The number of anilines is 1. The Balaban J connectivity index is 1.92. The van der Waals surface area contributed by atoms with Gasteiger partial charge >= 0.3 is 6.18 Å². The van der Waals surface area contributed by atoms with Gasteiger partial charge in [-0.1, -0.05) is 25.5 Å². The molecular formula is C17H18F3N3O. The highest BCUT2D eigenvalue weighted by molar-refractivity contribution is 5.98. The first-order chi connectivity index (χ1) is 11.4. The Hall–Kier alpha value is -2.31. The van der Waals surface area contributed by atoms with Crippen LogP contribution in [0.25, 0.3) is 11.3 Å². The summed E-state index contributed by atoms with van der Waals surface area (Å²) < 4.78 is 38.1. The van der Waals surface area contributed by atoms with Crippen molar-refractivity contribution in [3.8, 4) is 11.3 Å². The summed E-state index contributed by atoms with van der Waals surface area (Å²) in [6.45, 7) is 2.01. The van der Waals surface area contributed by atoms with Crippen molar-refractivity contribution in [1.82, 2.24) is 10.2 Å². The van der Waals surface area contributed by atoms with Gasteiger partial charge in [0.15, 0.2) is 0 Å². The van der Waals surface area contributed by atoms with Crippen LogP contribution in [0.3, 0.4) is 0 Å². The fraction of sp³-hybridized carbons (Fsp3) is 0.412. The SMILES string of the molecule is CCCc1[nH]nc(-c2ccc(C(F)(F)F)cc2)c1NC(=O)C1CC1. The van der Waals surface area contributed by atoms with Crippen molar-refractivity contribution in [3.05, 3.63) is 35.5 Å². The Kier molecular flexibility index (Phi) is 4.34. The highest BCUT2D eigenvalue weighted by Gasteiger charge is 2.32. The Bertz CT molecular complexity index is 731. The molecule has 1 aromatic heterocycles. The fourth-order valence-electron chi connectivity index (χ4n) is 2.54. The maximum Gasteiger partial charge on any atom is 0.416 e. The summed E-state index contributed by atoms with van der Waals surface area (Å²) in [6, 6.07) is 4.80. The summed E-state index contributed by atoms with van der Waals surface area (Å²) >= 11 is 0. The zero-order chi connectivity index (χ0) is 17.3. The van der Waals surface area contributed by atoms with E-state index in [2.05, 4.69) is 15.5 Å². The predicted octanol–water partition coefficient (Wildman–Crippen LogP) is 4.40. The number of nitrogens with zero attached hydrogens (tertiary/aromatic N) is 1. The molecule has 0 unspecified atom stereocenters. The number of aromatic nitrogens is 2. The molecule has 1 amide bonds. The molecule has 1 aromatic carbocycles. The molecule has 0 saturated heterocycles. The van der Waals surface area contributed by atoms with Crippen LogP contribution in [0.2, 0.25) is 0 Å².